The Bertz CT molecular complexity index is 878. The van der Waals surface area contributed by atoms with Gasteiger partial charge in [-0.25, -0.2) is 4.79 Å². The fourth-order valence-corrected chi connectivity index (χ4v) is 4.01. The maximum Gasteiger partial charge on any atom is 0.326 e. The van der Waals surface area contributed by atoms with Crippen molar-refractivity contribution in [1.82, 2.24) is 15.6 Å². The number of hydrogen-bond acceptors (Lipinski definition) is 5. The van der Waals surface area contributed by atoms with Crippen LogP contribution < -0.4 is 10.6 Å². The summed E-state index contributed by atoms with van der Waals surface area (Å²) < 4.78 is 0. The molecule has 1 aliphatic heterocycles. The van der Waals surface area contributed by atoms with Gasteiger partial charge in [-0.3, -0.25) is 9.78 Å². The number of hydrogen-bond donors (Lipinski definition) is 4. The summed E-state index contributed by atoms with van der Waals surface area (Å²) in [6.45, 7) is 3.69. The van der Waals surface area contributed by atoms with E-state index in [2.05, 4.69) is 15.6 Å². The van der Waals surface area contributed by atoms with E-state index in [4.69, 9.17) is 0 Å². The smallest absolute Gasteiger partial charge is 0.326 e. The van der Waals surface area contributed by atoms with Gasteiger partial charge in [0.15, 0.2) is 0 Å². The molecule has 1 atom stereocenters. The number of fused-ring (bicyclic) bond motifs is 1. The molecule has 1 saturated heterocycles. The van der Waals surface area contributed by atoms with Crippen molar-refractivity contribution in [2.24, 2.45) is 5.92 Å². The van der Waals surface area contributed by atoms with Crippen molar-refractivity contribution in [1.29, 1.82) is 0 Å². The lowest BCUT2D eigenvalue weighted by atomic mass is 9.93. The van der Waals surface area contributed by atoms with Gasteiger partial charge in [-0.1, -0.05) is 18.2 Å². The SMILES string of the molecule is Cc1cc(CO)c2cccc(C[C@H](NC(=O)CCC3CCNCC3)C(=O)O)c2n1. The summed E-state index contributed by atoms with van der Waals surface area (Å²) >= 11 is 0. The first-order valence-electron chi connectivity index (χ1n) is 10.2. The lowest BCUT2D eigenvalue weighted by Gasteiger charge is -2.22. The maximum absolute atomic E-state index is 12.4. The van der Waals surface area contributed by atoms with Crippen LogP contribution in [-0.2, 0) is 22.6 Å². The number of nitrogens with one attached hydrogen (secondary N) is 2. The van der Waals surface area contributed by atoms with E-state index in [1.54, 1.807) is 0 Å². The fraction of sp³-hybridized carbons (Fsp3) is 0.500. The number of carbonyl (C=O) groups is 2. The molecular formula is C22H29N3O4. The monoisotopic (exact) mass is 399 g/mol. The molecule has 0 bridgehead atoms. The number of aliphatic hydroxyl groups is 1. The predicted molar refractivity (Wildman–Crippen MR) is 111 cm³/mol. The van der Waals surface area contributed by atoms with Gasteiger partial charge in [-0.15, -0.1) is 0 Å². The van der Waals surface area contributed by atoms with Crippen molar-refractivity contribution in [3.8, 4) is 0 Å². The molecule has 0 unspecified atom stereocenters. The number of para-hydroxylation sites is 1. The zero-order chi connectivity index (χ0) is 20.8. The highest BCUT2D eigenvalue weighted by Crippen LogP contribution is 2.23. The molecule has 1 amide bonds. The number of amides is 1. The predicted octanol–water partition coefficient (Wildman–Crippen LogP) is 1.93. The lowest BCUT2D eigenvalue weighted by molar-refractivity contribution is -0.141. The highest BCUT2D eigenvalue weighted by atomic mass is 16.4. The van der Waals surface area contributed by atoms with Crippen molar-refractivity contribution >= 4 is 22.8 Å². The Morgan fingerprint density at radius 3 is 2.72 bits per heavy atom. The van der Waals surface area contributed by atoms with Crippen LogP contribution in [0.2, 0.25) is 0 Å². The number of nitrogens with zero attached hydrogens (tertiary/aromatic N) is 1. The van der Waals surface area contributed by atoms with Crippen LogP contribution in [0.15, 0.2) is 24.3 Å². The summed E-state index contributed by atoms with van der Waals surface area (Å²) in [5, 5.41) is 26.1. The number of aryl methyl sites for hydroxylation is 1. The van der Waals surface area contributed by atoms with Gasteiger partial charge in [-0.05, 0) is 62.4 Å². The summed E-state index contributed by atoms with van der Waals surface area (Å²) in [6.07, 6.45) is 3.39. The van der Waals surface area contributed by atoms with Crippen molar-refractivity contribution < 1.29 is 19.8 Å². The Labute approximate surface area is 170 Å². The van der Waals surface area contributed by atoms with E-state index in [1.165, 1.54) is 0 Å². The third kappa shape index (κ3) is 5.52. The normalized spacial score (nSPS) is 15.9. The number of piperidine rings is 1. The highest BCUT2D eigenvalue weighted by Gasteiger charge is 2.23. The zero-order valence-corrected chi connectivity index (χ0v) is 16.8. The molecule has 156 valence electrons. The van der Waals surface area contributed by atoms with Crippen molar-refractivity contribution in [3.05, 3.63) is 41.1 Å². The van der Waals surface area contributed by atoms with Gasteiger partial charge in [0.1, 0.15) is 6.04 Å². The number of aliphatic hydroxyl groups excluding tert-OH is 1. The van der Waals surface area contributed by atoms with Crippen LogP contribution in [0.4, 0.5) is 0 Å². The number of pyridine rings is 1. The molecule has 1 aromatic carbocycles. The van der Waals surface area contributed by atoms with E-state index < -0.39 is 12.0 Å². The first-order chi connectivity index (χ1) is 14.0. The molecule has 4 N–H and O–H groups in total. The average molecular weight is 399 g/mol. The van der Waals surface area contributed by atoms with E-state index in [1.807, 2.05) is 31.2 Å². The third-order valence-corrected chi connectivity index (χ3v) is 5.60. The molecular weight excluding hydrogens is 370 g/mol. The first kappa shape index (κ1) is 21.2. The largest absolute Gasteiger partial charge is 0.480 e. The second-order valence-corrected chi connectivity index (χ2v) is 7.79. The van der Waals surface area contributed by atoms with Crippen LogP contribution in [0.5, 0.6) is 0 Å². The van der Waals surface area contributed by atoms with Gasteiger partial charge >= 0.3 is 5.97 Å². The molecule has 2 aromatic rings. The second kappa shape index (κ2) is 9.80. The van der Waals surface area contributed by atoms with E-state index in [-0.39, 0.29) is 18.9 Å². The fourth-order valence-electron chi connectivity index (χ4n) is 4.01. The number of carboxylic acid groups (broad SMARTS) is 1. The minimum atomic E-state index is -1.06. The van der Waals surface area contributed by atoms with Crippen molar-refractivity contribution in [2.45, 2.75) is 51.7 Å². The van der Waals surface area contributed by atoms with Gasteiger partial charge in [0.05, 0.1) is 12.1 Å². The molecule has 7 nitrogen and oxygen atoms in total. The van der Waals surface area contributed by atoms with Crippen LogP contribution >= 0.6 is 0 Å². The Kier molecular flexibility index (Phi) is 7.17. The van der Waals surface area contributed by atoms with E-state index in [0.29, 0.717) is 17.9 Å². The molecule has 7 heteroatoms. The number of aromatic nitrogens is 1. The number of carboxylic acids is 1. The molecule has 0 aliphatic carbocycles. The van der Waals surface area contributed by atoms with Crippen LogP contribution in [0.25, 0.3) is 10.9 Å². The Balaban J connectivity index is 1.71. The van der Waals surface area contributed by atoms with Crippen LogP contribution in [0.3, 0.4) is 0 Å². The summed E-state index contributed by atoms with van der Waals surface area (Å²) in [5.41, 5.74) is 2.93. The molecule has 1 aromatic heterocycles. The van der Waals surface area contributed by atoms with Crippen molar-refractivity contribution in [2.75, 3.05) is 13.1 Å². The zero-order valence-electron chi connectivity index (χ0n) is 16.8. The lowest BCUT2D eigenvalue weighted by Crippen LogP contribution is -2.42. The Morgan fingerprint density at radius 2 is 2.03 bits per heavy atom. The second-order valence-electron chi connectivity index (χ2n) is 7.79. The minimum absolute atomic E-state index is 0.112. The van der Waals surface area contributed by atoms with Gasteiger partial charge < -0.3 is 20.8 Å². The standard InChI is InChI=1S/C22H29N3O4/c1-14-11-17(13-26)18-4-2-3-16(21(18)24-14)12-19(22(28)29)25-20(27)6-5-15-7-9-23-10-8-15/h2-4,11,15,19,23,26H,5-10,12-13H2,1H3,(H,25,27)(H,28,29)/t19-/m0/s1. The topological polar surface area (TPSA) is 112 Å². The maximum atomic E-state index is 12.4. The van der Waals surface area contributed by atoms with Crippen LogP contribution in [0.1, 0.15) is 42.5 Å². The number of aliphatic carboxylic acids is 1. The number of rotatable bonds is 8. The minimum Gasteiger partial charge on any atom is -0.480 e. The molecule has 0 spiro atoms. The van der Waals surface area contributed by atoms with Crippen LogP contribution in [0, 0.1) is 12.8 Å². The first-order valence-corrected chi connectivity index (χ1v) is 10.2. The quantitative estimate of drug-likeness (QED) is 0.540. The third-order valence-electron chi connectivity index (χ3n) is 5.60. The van der Waals surface area contributed by atoms with E-state index in [0.717, 1.165) is 54.6 Å². The molecule has 2 heterocycles. The van der Waals surface area contributed by atoms with Gasteiger partial charge in [0, 0.05) is 23.9 Å². The van der Waals surface area contributed by atoms with Crippen molar-refractivity contribution in [3.63, 3.8) is 0 Å². The summed E-state index contributed by atoms with van der Waals surface area (Å²) in [4.78, 5) is 28.7. The Morgan fingerprint density at radius 1 is 1.28 bits per heavy atom. The molecule has 1 aliphatic rings. The average Bonchev–Trinajstić information content (AvgIpc) is 2.72. The Hall–Kier alpha value is -2.51. The molecule has 29 heavy (non-hydrogen) atoms. The summed E-state index contributed by atoms with van der Waals surface area (Å²) in [6, 6.07) is 6.33. The van der Waals surface area contributed by atoms with Gasteiger partial charge in [0.2, 0.25) is 5.91 Å². The number of carbonyl (C=O) groups excluding carboxylic acids is 1. The summed E-state index contributed by atoms with van der Waals surface area (Å²) in [5.74, 6) is -0.768. The van der Waals surface area contributed by atoms with E-state index >= 15 is 0 Å². The molecule has 3 rings (SSSR count). The van der Waals surface area contributed by atoms with Crippen LogP contribution in [-0.4, -0.2) is 46.2 Å². The van der Waals surface area contributed by atoms with E-state index in [9.17, 15) is 19.8 Å². The highest BCUT2D eigenvalue weighted by molar-refractivity contribution is 5.87. The number of benzene rings is 1. The summed E-state index contributed by atoms with van der Waals surface area (Å²) in [7, 11) is 0. The van der Waals surface area contributed by atoms with Gasteiger partial charge in [-0.2, -0.15) is 0 Å². The molecule has 0 saturated carbocycles. The molecule has 0 radical (unpaired) electrons. The molecule has 1 fully saturated rings. The van der Waals surface area contributed by atoms with Gasteiger partial charge in [0.25, 0.3) is 0 Å².